The van der Waals surface area contributed by atoms with Crippen molar-refractivity contribution in [2.45, 2.75) is 44.4 Å². The number of benzene rings is 2. The number of anilines is 1. The fraction of sp³-hybridized carbons (Fsp3) is 0.292. The first-order valence-corrected chi connectivity index (χ1v) is 9.88. The first-order chi connectivity index (χ1) is 13.3. The number of hydrogen-bond donors (Lipinski definition) is 3. The Morgan fingerprint density at radius 1 is 1.00 bits per heavy atom. The third-order valence-electron chi connectivity index (χ3n) is 5.98. The van der Waals surface area contributed by atoms with Gasteiger partial charge in [-0.15, -0.1) is 0 Å². The van der Waals surface area contributed by atoms with E-state index in [1.807, 2.05) is 18.3 Å². The smallest absolute Gasteiger partial charge is 0.235 e. The maximum absolute atomic E-state index is 13.1. The number of fused-ring (bicyclic) bond motifs is 2. The van der Waals surface area contributed by atoms with Crippen molar-refractivity contribution in [1.29, 1.82) is 0 Å². The molecule has 4 aromatic rings. The first-order valence-electron chi connectivity index (χ1n) is 9.88. The van der Waals surface area contributed by atoms with Crippen LogP contribution in [0.2, 0.25) is 0 Å². The number of carbonyl (C=O) groups is 1. The average molecular weight is 376 g/mol. The second kappa shape index (κ2) is 5.74. The van der Waals surface area contributed by atoms with E-state index in [2.05, 4.69) is 72.5 Å². The maximum Gasteiger partial charge on any atom is 0.235 e. The van der Waals surface area contributed by atoms with Crippen molar-refractivity contribution in [3.8, 4) is 0 Å². The fourth-order valence-corrected chi connectivity index (χ4v) is 3.99. The van der Waals surface area contributed by atoms with Gasteiger partial charge in [0, 0.05) is 42.3 Å². The number of carbonyl (C=O) groups excluding carboxylic acids is 1. The van der Waals surface area contributed by atoms with Gasteiger partial charge in [0.25, 0.3) is 0 Å². The number of rotatable bonds is 3. The van der Waals surface area contributed by atoms with Crippen molar-refractivity contribution in [2.75, 3.05) is 5.32 Å². The maximum atomic E-state index is 13.1. The van der Waals surface area contributed by atoms with E-state index in [9.17, 15) is 4.79 Å². The summed E-state index contributed by atoms with van der Waals surface area (Å²) in [5.74, 6) is 0.0910. The molecule has 2 aromatic heterocycles. The molecule has 4 nitrogen and oxygen atoms in total. The predicted octanol–water partition coefficient (Wildman–Crippen LogP) is 6.11. The zero-order chi connectivity index (χ0) is 19.5. The Bertz CT molecular complexity index is 1210. The van der Waals surface area contributed by atoms with Gasteiger partial charge < -0.3 is 15.3 Å². The van der Waals surface area contributed by atoms with E-state index in [-0.39, 0.29) is 14.2 Å². The summed E-state index contributed by atoms with van der Waals surface area (Å²) in [4.78, 5) is 19.8. The van der Waals surface area contributed by atoms with Gasteiger partial charge in [-0.3, -0.25) is 4.79 Å². The third-order valence-corrected chi connectivity index (χ3v) is 5.98. The molecule has 0 saturated heterocycles. The molecule has 2 heterocycles. The Morgan fingerprint density at radius 2 is 1.79 bits per heavy atom. The lowest BCUT2D eigenvalue weighted by Gasteiger charge is -2.16. The molecule has 1 aliphatic rings. The fourth-order valence-electron chi connectivity index (χ4n) is 3.99. The summed E-state index contributed by atoms with van der Waals surface area (Å²) < 4.78 is 0. The highest BCUT2D eigenvalue weighted by atomic mass is 16.2. The minimum Gasteiger partial charge on any atom is -0.361 e. The van der Waals surface area contributed by atoms with E-state index < -0.39 is 5.41 Å². The normalized spacial score (nSPS) is 15.8. The van der Waals surface area contributed by atoms with Crippen LogP contribution in [-0.2, 0) is 15.6 Å². The molecule has 0 aliphatic heterocycles. The molecule has 3 N–H and O–H groups in total. The Morgan fingerprint density at radius 3 is 2.54 bits per heavy atom. The standard InChI is InChI=1S/C24H25N3O.2H2/c1-23(2,3)21-14-16-13-18(5-7-20(16)27-21)26-22(28)24(9-10-24)17-4-6-19-15(12-17)8-11-25-19;;/h4-8,11-14,25,27H,9-10H2,1-3H3,(H,26,28);2*1H. The lowest BCUT2D eigenvalue weighted by Crippen LogP contribution is -2.27. The molecule has 5 rings (SSSR count). The molecule has 4 heteroatoms. The van der Waals surface area contributed by atoms with Gasteiger partial charge in [-0.1, -0.05) is 26.8 Å². The van der Waals surface area contributed by atoms with Crippen molar-refractivity contribution < 1.29 is 7.65 Å². The van der Waals surface area contributed by atoms with Crippen molar-refractivity contribution >= 4 is 33.4 Å². The van der Waals surface area contributed by atoms with Crippen molar-refractivity contribution in [2.24, 2.45) is 0 Å². The molecule has 28 heavy (non-hydrogen) atoms. The van der Waals surface area contributed by atoms with Gasteiger partial charge in [0.1, 0.15) is 0 Å². The Balaban J connectivity index is 0.00000128. The van der Waals surface area contributed by atoms with Gasteiger partial charge in [0.05, 0.1) is 5.41 Å². The molecule has 0 radical (unpaired) electrons. The van der Waals surface area contributed by atoms with Crippen LogP contribution < -0.4 is 5.32 Å². The lowest BCUT2D eigenvalue weighted by molar-refractivity contribution is -0.118. The van der Waals surface area contributed by atoms with Gasteiger partial charge in [0.2, 0.25) is 5.91 Å². The molecular formula is C24H29N3O. The molecule has 1 fully saturated rings. The van der Waals surface area contributed by atoms with Gasteiger partial charge in [-0.2, -0.15) is 0 Å². The minimum absolute atomic E-state index is 0. The molecule has 1 aliphatic carbocycles. The second-order valence-corrected chi connectivity index (χ2v) is 9.05. The van der Waals surface area contributed by atoms with Gasteiger partial charge in [0.15, 0.2) is 0 Å². The van der Waals surface area contributed by atoms with Gasteiger partial charge in [-0.05, 0) is 66.3 Å². The number of hydrogen-bond acceptors (Lipinski definition) is 1. The van der Waals surface area contributed by atoms with Crippen LogP contribution in [-0.4, -0.2) is 15.9 Å². The summed E-state index contributed by atoms with van der Waals surface area (Å²) in [7, 11) is 0. The van der Waals surface area contributed by atoms with Crippen LogP contribution in [0.15, 0.2) is 54.7 Å². The van der Waals surface area contributed by atoms with Gasteiger partial charge in [-0.25, -0.2) is 0 Å². The number of H-pyrrole nitrogens is 2. The third kappa shape index (κ3) is 2.71. The molecule has 0 unspecified atom stereocenters. The molecular weight excluding hydrogens is 346 g/mol. The van der Waals surface area contributed by atoms with E-state index >= 15 is 0 Å². The summed E-state index contributed by atoms with van der Waals surface area (Å²) >= 11 is 0. The van der Waals surface area contributed by atoms with Crippen LogP contribution in [0.4, 0.5) is 5.69 Å². The Kier molecular flexibility index (Phi) is 3.51. The molecule has 0 bridgehead atoms. The first kappa shape index (κ1) is 17.1. The summed E-state index contributed by atoms with van der Waals surface area (Å²) in [5, 5.41) is 5.44. The number of aromatic amines is 2. The summed E-state index contributed by atoms with van der Waals surface area (Å²) in [6, 6.07) is 16.6. The lowest BCUT2D eigenvalue weighted by atomic mass is 9.92. The van der Waals surface area contributed by atoms with E-state index in [0.29, 0.717) is 0 Å². The average Bonchev–Trinajstić information content (AvgIpc) is 3.13. The van der Waals surface area contributed by atoms with Crippen LogP contribution in [0.1, 0.15) is 47.7 Å². The molecule has 0 spiro atoms. The van der Waals surface area contributed by atoms with Crippen molar-refractivity contribution in [1.82, 2.24) is 9.97 Å². The molecule has 0 atom stereocenters. The molecule has 1 amide bonds. The second-order valence-electron chi connectivity index (χ2n) is 9.05. The van der Waals surface area contributed by atoms with E-state index in [1.54, 1.807) is 0 Å². The molecule has 146 valence electrons. The minimum atomic E-state index is -0.394. The monoisotopic (exact) mass is 375 g/mol. The highest BCUT2D eigenvalue weighted by molar-refractivity contribution is 6.03. The Labute approximate surface area is 167 Å². The van der Waals surface area contributed by atoms with Crippen LogP contribution >= 0.6 is 0 Å². The highest BCUT2D eigenvalue weighted by Crippen LogP contribution is 2.49. The Hall–Kier alpha value is -3.01. The number of aromatic nitrogens is 2. The largest absolute Gasteiger partial charge is 0.361 e. The van der Waals surface area contributed by atoms with Crippen LogP contribution in [0.5, 0.6) is 0 Å². The summed E-state index contributed by atoms with van der Waals surface area (Å²) in [5.41, 5.74) is 5.03. The van der Waals surface area contributed by atoms with Crippen molar-refractivity contribution in [3.05, 3.63) is 66.0 Å². The predicted molar refractivity (Wildman–Crippen MR) is 119 cm³/mol. The van der Waals surface area contributed by atoms with E-state index in [4.69, 9.17) is 0 Å². The summed E-state index contributed by atoms with van der Waals surface area (Å²) in [6.07, 6.45) is 3.73. The molecule has 2 aromatic carbocycles. The topological polar surface area (TPSA) is 60.7 Å². The SMILES string of the molecule is CC(C)(C)c1cc2cc(NC(=O)C3(c4ccc5[nH]ccc5c4)CC3)ccc2[nH]1.[HH].[HH]. The summed E-state index contributed by atoms with van der Waals surface area (Å²) in [6.45, 7) is 6.58. The van der Waals surface area contributed by atoms with Crippen LogP contribution in [0.3, 0.4) is 0 Å². The number of nitrogens with one attached hydrogen (secondary N) is 3. The zero-order valence-corrected chi connectivity index (χ0v) is 16.5. The molecule has 1 saturated carbocycles. The number of amides is 1. The van der Waals surface area contributed by atoms with Crippen molar-refractivity contribution in [3.63, 3.8) is 0 Å². The van der Waals surface area contributed by atoms with Crippen LogP contribution in [0, 0.1) is 0 Å². The van der Waals surface area contributed by atoms with E-state index in [0.717, 1.165) is 45.9 Å². The zero-order valence-electron chi connectivity index (χ0n) is 16.5. The van der Waals surface area contributed by atoms with E-state index in [1.165, 1.54) is 5.69 Å². The van der Waals surface area contributed by atoms with Crippen LogP contribution in [0.25, 0.3) is 21.8 Å². The quantitative estimate of drug-likeness (QED) is 0.397. The van der Waals surface area contributed by atoms with Gasteiger partial charge >= 0.3 is 0 Å². The highest BCUT2D eigenvalue weighted by Gasteiger charge is 2.51.